The molecule has 2 aromatic carbocycles. The molecule has 0 saturated carbocycles. The van der Waals surface area contributed by atoms with Crippen molar-refractivity contribution in [3.05, 3.63) is 88.6 Å². The summed E-state index contributed by atoms with van der Waals surface area (Å²) in [5.74, 6) is 2.21. The maximum absolute atomic E-state index is 13.2. The van der Waals surface area contributed by atoms with Crippen molar-refractivity contribution in [2.24, 2.45) is 0 Å². The van der Waals surface area contributed by atoms with Gasteiger partial charge < -0.3 is 24.0 Å². The number of nitrogens with zero attached hydrogens (tertiary/aromatic N) is 3. The molecular formula is C37H49N3O4. The van der Waals surface area contributed by atoms with Crippen molar-refractivity contribution in [1.82, 2.24) is 14.8 Å². The summed E-state index contributed by atoms with van der Waals surface area (Å²) < 4.78 is 16.8. The highest BCUT2D eigenvalue weighted by Gasteiger charge is 2.31. The molecule has 1 atom stereocenters. The second-order valence-electron chi connectivity index (χ2n) is 12.8. The van der Waals surface area contributed by atoms with E-state index in [-0.39, 0.29) is 17.4 Å². The zero-order valence-electron chi connectivity index (χ0n) is 27.8. The van der Waals surface area contributed by atoms with Crippen LogP contribution in [-0.2, 0) is 23.2 Å². The van der Waals surface area contributed by atoms with Crippen LogP contribution in [0.2, 0.25) is 0 Å². The van der Waals surface area contributed by atoms with Gasteiger partial charge in [0.1, 0.15) is 11.5 Å². The molecule has 2 heterocycles. The minimum Gasteiger partial charge on any atom is -0.497 e. The Kier molecular flexibility index (Phi) is 11.1. The molecule has 0 unspecified atom stereocenters. The van der Waals surface area contributed by atoms with Crippen LogP contribution in [0, 0.1) is 0 Å². The largest absolute Gasteiger partial charge is 0.497 e. The number of aromatic nitrogens is 1. The minimum absolute atomic E-state index is 0.0458. The van der Waals surface area contributed by atoms with Crippen molar-refractivity contribution >= 4 is 11.5 Å². The van der Waals surface area contributed by atoms with Crippen LogP contribution in [0.4, 0.5) is 0 Å². The Morgan fingerprint density at radius 3 is 2.32 bits per heavy atom. The van der Waals surface area contributed by atoms with Crippen molar-refractivity contribution in [1.29, 1.82) is 0 Å². The summed E-state index contributed by atoms with van der Waals surface area (Å²) in [6, 6.07) is 18.6. The highest BCUT2D eigenvalue weighted by molar-refractivity contribution is 5.83. The first-order valence-corrected chi connectivity index (χ1v) is 15.6. The van der Waals surface area contributed by atoms with Crippen LogP contribution in [0.15, 0.2) is 60.7 Å². The van der Waals surface area contributed by atoms with E-state index in [1.165, 1.54) is 5.56 Å². The number of ether oxygens (including phenoxy) is 3. The lowest BCUT2D eigenvalue weighted by Crippen LogP contribution is -2.31. The molecule has 1 aromatic heterocycles. The van der Waals surface area contributed by atoms with E-state index in [1.54, 1.807) is 21.3 Å². The molecule has 1 aliphatic rings. The maximum atomic E-state index is 13.2. The van der Waals surface area contributed by atoms with Gasteiger partial charge in [0, 0.05) is 35.7 Å². The monoisotopic (exact) mass is 599 g/mol. The average Bonchev–Trinajstić information content (AvgIpc) is 3.35. The number of carbonyl (C=O) groups is 1. The molecule has 1 saturated heterocycles. The van der Waals surface area contributed by atoms with E-state index in [0.717, 1.165) is 65.9 Å². The highest BCUT2D eigenvalue weighted by atomic mass is 16.5. The van der Waals surface area contributed by atoms with Gasteiger partial charge >= 0.3 is 0 Å². The van der Waals surface area contributed by atoms with Crippen molar-refractivity contribution < 1.29 is 19.0 Å². The third-order valence-electron chi connectivity index (χ3n) is 8.34. The van der Waals surface area contributed by atoms with E-state index in [0.29, 0.717) is 24.6 Å². The number of hydrogen-bond acceptors (Lipinski definition) is 6. The van der Waals surface area contributed by atoms with Crippen molar-refractivity contribution in [3.63, 3.8) is 0 Å². The van der Waals surface area contributed by atoms with Gasteiger partial charge in [0.15, 0.2) is 0 Å². The highest BCUT2D eigenvalue weighted by Crippen LogP contribution is 2.34. The third kappa shape index (κ3) is 8.20. The van der Waals surface area contributed by atoms with Gasteiger partial charge in [-0.1, -0.05) is 57.2 Å². The molecular weight excluding hydrogens is 550 g/mol. The lowest BCUT2D eigenvalue weighted by molar-refractivity contribution is -0.129. The van der Waals surface area contributed by atoms with Gasteiger partial charge in [-0.2, -0.15) is 0 Å². The van der Waals surface area contributed by atoms with E-state index in [2.05, 4.69) is 82.2 Å². The first kappa shape index (κ1) is 33.1. The van der Waals surface area contributed by atoms with Crippen LogP contribution < -0.4 is 14.2 Å². The zero-order valence-corrected chi connectivity index (χ0v) is 27.8. The number of amides is 1. The van der Waals surface area contributed by atoms with Crippen molar-refractivity contribution in [2.45, 2.75) is 70.9 Å². The molecule has 4 rings (SSSR count). The molecule has 236 valence electrons. The van der Waals surface area contributed by atoms with Crippen LogP contribution in [0.5, 0.6) is 17.4 Å². The number of hydrogen-bond donors (Lipinski definition) is 0. The van der Waals surface area contributed by atoms with Gasteiger partial charge in [0.2, 0.25) is 11.8 Å². The van der Waals surface area contributed by atoms with E-state index >= 15 is 0 Å². The summed E-state index contributed by atoms with van der Waals surface area (Å²) in [5.41, 5.74) is 6.26. The van der Waals surface area contributed by atoms with Crippen LogP contribution >= 0.6 is 0 Å². The summed E-state index contributed by atoms with van der Waals surface area (Å²) in [6.07, 6.45) is 6.55. The first-order chi connectivity index (χ1) is 21.0. The molecule has 1 fully saturated rings. The standard InChI is InChI=1S/C37H49N3O4/c1-37(2,3)29-16-12-26(13-17-29)32(33-20-15-27(36(38-33)44-8)11-9-10-22-39(4)5)23-30-18-21-35(41)40(30)25-28-14-19-31(42-6)24-34(28)43-7/h12-17,19-20,23-24,30H,9-11,18,21-22,25H2,1-8H3/b32-23+/t30-/m1/s1. The fourth-order valence-electron chi connectivity index (χ4n) is 5.70. The number of benzene rings is 2. The second kappa shape index (κ2) is 14.8. The zero-order chi connectivity index (χ0) is 31.9. The van der Waals surface area contributed by atoms with E-state index in [4.69, 9.17) is 19.2 Å². The van der Waals surface area contributed by atoms with E-state index in [1.807, 2.05) is 23.1 Å². The molecule has 0 radical (unpaired) electrons. The second-order valence-corrected chi connectivity index (χ2v) is 12.8. The fraction of sp³-hybridized carbons (Fsp3) is 0.459. The van der Waals surface area contributed by atoms with Crippen LogP contribution in [0.25, 0.3) is 5.57 Å². The number of methoxy groups -OCH3 is 3. The van der Waals surface area contributed by atoms with Gasteiger partial charge in [0.05, 0.1) is 33.1 Å². The number of rotatable bonds is 13. The smallest absolute Gasteiger partial charge is 0.223 e. The van der Waals surface area contributed by atoms with Gasteiger partial charge in [0.25, 0.3) is 0 Å². The predicted molar refractivity (Wildman–Crippen MR) is 178 cm³/mol. The van der Waals surface area contributed by atoms with Crippen molar-refractivity contribution in [3.8, 4) is 17.4 Å². The maximum Gasteiger partial charge on any atom is 0.223 e. The SMILES string of the molecule is COc1ccc(CN2C(=O)CC[C@@H]2/C=C(\c2ccc(C(C)(C)C)cc2)c2ccc(CCCCN(C)C)c(OC)n2)c(OC)c1. The Labute approximate surface area is 263 Å². The Balaban J connectivity index is 1.71. The van der Waals surface area contributed by atoms with Crippen LogP contribution in [-0.4, -0.2) is 68.7 Å². The average molecular weight is 600 g/mol. The summed E-state index contributed by atoms with van der Waals surface area (Å²) in [7, 11) is 9.18. The molecule has 0 bridgehead atoms. The Bertz CT molecular complexity index is 1440. The molecule has 0 spiro atoms. The molecule has 1 amide bonds. The third-order valence-corrected chi connectivity index (χ3v) is 8.34. The lowest BCUT2D eigenvalue weighted by atomic mass is 9.86. The summed E-state index contributed by atoms with van der Waals surface area (Å²) in [6.45, 7) is 8.17. The number of carbonyl (C=O) groups excluding carboxylic acids is 1. The number of aryl methyl sites for hydroxylation is 1. The topological polar surface area (TPSA) is 64.1 Å². The summed E-state index contributed by atoms with van der Waals surface area (Å²) in [4.78, 5) is 22.4. The normalized spacial score (nSPS) is 15.7. The molecule has 3 aromatic rings. The predicted octanol–water partition coefficient (Wildman–Crippen LogP) is 6.91. The number of likely N-dealkylation sites (tertiary alicyclic amines) is 1. The van der Waals surface area contributed by atoms with E-state index < -0.39 is 0 Å². The fourth-order valence-corrected chi connectivity index (χ4v) is 5.70. The van der Waals surface area contributed by atoms with Gasteiger partial charge in [-0.05, 0) is 81.1 Å². The Morgan fingerprint density at radius 2 is 1.68 bits per heavy atom. The minimum atomic E-state index is -0.0925. The van der Waals surface area contributed by atoms with Gasteiger partial charge in [-0.15, -0.1) is 0 Å². The van der Waals surface area contributed by atoms with Crippen molar-refractivity contribution in [2.75, 3.05) is 42.0 Å². The number of unbranched alkanes of at least 4 members (excludes halogenated alkanes) is 1. The lowest BCUT2D eigenvalue weighted by Gasteiger charge is -2.25. The molecule has 44 heavy (non-hydrogen) atoms. The first-order valence-electron chi connectivity index (χ1n) is 15.6. The quantitative estimate of drug-likeness (QED) is 0.199. The van der Waals surface area contributed by atoms with Crippen LogP contribution in [0.1, 0.15) is 74.4 Å². The van der Waals surface area contributed by atoms with Crippen LogP contribution in [0.3, 0.4) is 0 Å². The number of pyridine rings is 1. The molecule has 1 aliphatic heterocycles. The molecule has 0 aliphatic carbocycles. The van der Waals surface area contributed by atoms with E-state index in [9.17, 15) is 4.79 Å². The molecule has 7 nitrogen and oxygen atoms in total. The Hall–Kier alpha value is -3.84. The summed E-state index contributed by atoms with van der Waals surface area (Å²) >= 11 is 0. The summed E-state index contributed by atoms with van der Waals surface area (Å²) in [5, 5.41) is 0. The molecule has 7 heteroatoms. The van der Waals surface area contributed by atoms with Gasteiger partial charge in [-0.3, -0.25) is 4.79 Å². The Morgan fingerprint density at radius 1 is 0.955 bits per heavy atom. The molecule has 0 N–H and O–H groups in total. The van der Waals surface area contributed by atoms with Gasteiger partial charge in [-0.25, -0.2) is 4.98 Å².